The first-order chi connectivity index (χ1) is 7.16. The molecule has 1 heterocycles. The molecule has 0 aliphatic rings. The third-order valence-corrected chi connectivity index (χ3v) is 2.43. The molecule has 2 rings (SSSR count). The SMILES string of the molecule is Cc1cc(N)cc(-c2ccncc2C)c1. The number of nitrogen functional groups attached to an aromatic ring is 1. The van der Waals surface area contributed by atoms with E-state index in [2.05, 4.69) is 24.9 Å². The molecular formula is C13H14N2. The zero-order valence-corrected chi connectivity index (χ0v) is 8.99. The first kappa shape index (κ1) is 9.71. The van der Waals surface area contributed by atoms with Crippen LogP contribution in [-0.4, -0.2) is 4.98 Å². The van der Waals surface area contributed by atoms with Crippen LogP contribution in [0.2, 0.25) is 0 Å². The Bertz CT molecular complexity index is 469. The minimum Gasteiger partial charge on any atom is -0.399 e. The van der Waals surface area contributed by atoms with Crippen LogP contribution in [0.15, 0.2) is 36.7 Å². The largest absolute Gasteiger partial charge is 0.399 e. The van der Waals surface area contributed by atoms with Gasteiger partial charge in [-0.05, 0) is 54.3 Å². The van der Waals surface area contributed by atoms with Crippen LogP contribution in [0, 0.1) is 13.8 Å². The second-order valence-corrected chi connectivity index (χ2v) is 3.82. The molecule has 2 nitrogen and oxygen atoms in total. The molecule has 0 aliphatic carbocycles. The Labute approximate surface area is 89.8 Å². The van der Waals surface area contributed by atoms with E-state index in [1.165, 1.54) is 16.7 Å². The lowest BCUT2D eigenvalue weighted by Crippen LogP contribution is -1.90. The summed E-state index contributed by atoms with van der Waals surface area (Å²) in [4.78, 5) is 4.08. The van der Waals surface area contributed by atoms with Gasteiger partial charge in [-0.25, -0.2) is 0 Å². The fourth-order valence-corrected chi connectivity index (χ4v) is 1.77. The maximum absolute atomic E-state index is 5.83. The molecule has 2 heteroatoms. The molecule has 0 radical (unpaired) electrons. The van der Waals surface area contributed by atoms with Crippen LogP contribution in [-0.2, 0) is 0 Å². The quantitative estimate of drug-likeness (QED) is 0.715. The van der Waals surface area contributed by atoms with E-state index in [0.29, 0.717) is 0 Å². The normalized spacial score (nSPS) is 10.3. The lowest BCUT2D eigenvalue weighted by atomic mass is 10.0. The van der Waals surface area contributed by atoms with E-state index in [9.17, 15) is 0 Å². The van der Waals surface area contributed by atoms with Crippen molar-refractivity contribution in [2.24, 2.45) is 0 Å². The van der Waals surface area contributed by atoms with Gasteiger partial charge in [0.25, 0.3) is 0 Å². The summed E-state index contributed by atoms with van der Waals surface area (Å²) < 4.78 is 0. The molecule has 0 atom stereocenters. The van der Waals surface area contributed by atoms with Gasteiger partial charge < -0.3 is 5.73 Å². The van der Waals surface area contributed by atoms with Crippen LogP contribution < -0.4 is 5.73 Å². The van der Waals surface area contributed by atoms with Crippen molar-refractivity contribution < 1.29 is 0 Å². The van der Waals surface area contributed by atoms with Crippen LogP contribution in [0.1, 0.15) is 11.1 Å². The van der Waals surface area contributed by atoms with Crippen molar-refractivity contribution in [3.8, 4) is 11.1 Å². The summed E-state index contributed by atoms with van der Waals surface area (Å²) >= 11 is 0. The van der Waals surface area contributed by atoms with Gasteiger partial charge in [-0.1, -0.05) is 6.07 Å². The molecule has 1 aromatic carbocycles. The topological polar surface area (TPSA) is 38.9 Å². The molecule has 0 unspecified atom stereocenters. The molecular weight excluding hydrogens is 184 g/mol. The van der Waals surface area contributed by atoms with E-state index < -0.39 is 0 Å². The maximum Gasteiger partial charge on any atom is 0.0322 e. The summed E-state index contributed by atoms with van der Waals surface area (Å²) in [5.74, 6) is 0. The highest BCUT2D eigenvalue weighted by Crippen LogP contribution is 2.25. The number of aromatic nitrogens is 1. The summed E-state index contributed by atoms with van der Waals surface area (Å²) in [6.45, 7) is 4.11. The minimum absolute atomic E-state index is 0.807. The third-order valence-electron chi connectivity index (χ3n) is 2.43. The van der Waals surface area contributed by atoms with Gasteiger partial charge in [0.2, 0.25) is 0 Å². The number of benzene rings is 1. The number of rotatable bonds is 1. The first-order valence-corrected chi connectivity index (χ1v) is 4.95. The Kier molecular flexibility index (Phi) is 2.42. The smallest absolute Gasteiger partial charge is 0.0322 e. The minimum atomic E-state index is 0.807. The van der Waals surface area contributed by atoms with Crippen LogP contribution >= 0.6 is 0 Å². The van der Waals surface area contributed by atoms with Gasteiger partial charge in [-0.3, -0.25) is 4.98 Å². The van der Waals surface area contributed by atoms with Crippen LogP contribution in [0.3, 0.4) is 0 Å². The second kappa shape index (κ2) is 3.73. The third kappa shape index (κ3) is 1.99. The van der Waals surface area contributed by atoms with Crippen molar-refractivity contribution in [1.82, 2.24) is 4.98 Å². The van der Waals surface area contributed by atoms with Gasteiger partial charge in [-0.15, -0.1) is 0 Å². The van der Waals surface area contributed by atoms with Crippen molar-refractivity contribution >= 4 is 5.69 Å². The summed E-state index contributed by atoms with van der Waals surface area (Å²) in [5.41, 5.74) is 11.3. The molecule has 0 aliphatic heterocycles. The molecule has 15 heavy (non-hydrogen) atoms. The summed E-state index contributed by atoms with van der Waals surface area (Å²) in [5, 5.41) is 0. The molecule has 0 spiro atoms. The summed E-state index contributed by atoms with van der Waals surface area (Å²) in [7, 11) is 0. The predicted molar refractivity (Wildman–Crippen MR) is 63.6 cm³/mol. The standard InChI is InChI=1S/C13H14N2/c1-9-5-11(7-12(14)6-9)13-3-4-15-8-10(13)2/h3-8H,14H2,1-2H3. The number of hydrogen-bond acceptors (Lipinski definition) is 2. The van der Waals surface area contributed by atoms with E-state index in [1.807, 2.05) is 24.4 Å². The zero-order valence-electron chi connectivity index (χ0n) is 8.99. The first-order valence-electron chi connectivity index (χ1n) is 4.95. The molecule has 0 bridgehead atoms. The number of aryl methyl sites for hydroxylation is 2. The zero-order chi connectivity index (χ0) is 10.8. The number of nitrogens with two attached hydrogens (primary N) is 1. The van der Waals surface area contributed by atoms with Gasteiger partial charge in [-0.2, -0.15) is 0 Å². The summed E-state index contributed by atoms with van der Waals surface area (Å²) in [6.07, 6.45) is 3.68. The molecule has 1 aromatic heterocycles. The molecule has 0 saturated heterocycles. The van der Waals surface area contributed by atoms with Crippen LogP contribution in [0.5, 0.6) is 0 Å². The van der Waals surface area contributed by atoms with Crippen molar-refractivity contribution in [2.45, 2.75) is 13.8 Å². The molecule has 0 fully saturated rings. The lowest BCUT2D eigenvalue weighted by molar-refractivity contribution is 1.27. The van der Waals surface area contributed by atoms with Gasteiger partial charge >= 0.3 is 0 Å². The molecule has 76 valence electrons. The van der Waals surface area contributed by atoms with Crippen molar-refractivity contribution in [3.05, 3.63) is 47.8 Å². The Hall–Kier alpha value is -1.83. The predicted octanol–water partition coefficient (Wildman–Crippen LogP) is 2.95. The Morgan fingerprint density at radius 3 is 2.60 bits per heavy atom. The lowest BCUT2D eigenvalue weighted by Gasteiger charge is -2.07. The van der Waals surface area contributed by atoms with E-state index in [-0.39, 0.29) is 0 Å². The monoisotopic (exact) mass is 198 g/mol. The highest BCUT2D eigenvalue weighted by molar-refractivity contribution is 5.70. The van der Waals surface area contributed by atoms with E-state index in [0.717, 1.165) is 11.3 Å². The average Bonchev–Trinajstić information content (AvgIpc) is 2.16. The number of nitrogens with zero attached hydrogens (tertiary/aromatic N) is 1. The Balaban J connectivity index is 2.59. The van der Waals surface area contributed by atoms with E-state index in [1.54, 1.807) is 6.20 Å². The van der Waals surface area contributed by atoms with E-state index >= 15 is 0 Å². The maximum atomic E-state index is 5.83. The molecule has 2 N–H and O–H groups in total. The average molecular weight is 198 g/mol. The highest BCUT2D eigenvalue weighted by Gasteiger charge is 2.02. The fourth-order valence-electron chi connectivity index (χ4n) is 1.77. The summed E-state index contributed by atoms with van der Waals surface area (Å²) in [6, 6.07) is 8.12. The molecule has 0 saturated carbocycles. The van der Waals surface area contributed by atoms with E-state index in [4.69, 9.17) is 5.73 Å². The molecule has 2 aromatic rings. The number of pyridine rings is 1. The fraction of sp³-hybridized carbons (Fsp3) is 0.154. The van der Waals surface area contributed by atoms with Gasteiger partial charge in [0.05, 0.1) is 0 Å². The molecule has 0 amide bonds. The van der Waals surface area contributed by atoms with Gasteiger partial charge in [0, 0.05) is 18.1 Å². The Morgan fingerprint density at radius 2 is 1.93 bits per heavy atom. The van der Waals surface area contributed by atoms with Crippen LogP contribution in [0.25, 0.3) is 11.1 Å². The Morgan fingerprint density at radius 1 is 1.13 bits per heavy atom. The van der Waals surface area contributed by atoms with Gasteiger partial charge in [0.1, 0.15) is 0 Å². The van der Waals surface area contributed by atoms with Crippen molar-refractivity contribution in [1.29, 1.82) is 0 Å². The number of hydrogen-bond donors (Lipinski definition) is 1. The number of anilines is 1. The second-order valence-electron chi connectivity index (χ2n) is 3.82. The van der Waals surface area contributed by atoms with Gasteiger partial charge in [0.15, 0.2) is 0 Å². The van der Waals surface area contributed by atoms with Crippen molar-refractivity contribution in [2.75, 3.05) is 5.73 Å². The highest BCUT2D eigenvalue weighted by atomic mass is 14.6. The van der Waals surface area contributed by atoms with Crippen molar-refractivity contribution in [3.63, 3.8) is 0 Å². The van der Waals surface area contributed by atoms with Crippen LogP contribution in [0.4, 0.5) is 5.69 Å².